The first-order valence-electron chi connectivity index (χ1n) is 7.33. The highest BCUT2D eigenvalue weighted by atomic mass is 19.2. The topological polar surface area (TPSA) is 21.3 Å². The number of hydrogen-bond donors (Lipinski definition) is 1. The summed E-state index contributed by atoms with van der Waals surface area (Å²) in [5.74, 6) is -7.05. The van der Waals surface area contributed by atoms with Crippen molar-refractivity contribution >= 4 is 0 Å². The predicted molar refractivity (Wildman–Crippen MR) is 77.1 cm³/mol. The molecule has 0 amide bonds. The molecular formula is C17H15F4NO. The van der Waals surface area contributed by atoms with Gasteiger partial charge in [0.2, 0.25) is 11.6 Å². The highest BCUT2D eigenvalue weighted by Crippen LogP contribution is 2.35. The van der Waals surface area contributed by atoms with Gasteiger partial charge in [-0.25, -0.2) is 8.78 Å². The minimum atomic E-state index is -1.52. The summed E-state index contributed by atoms with van der Waals surface area (Å²) in [6.45, 7) is 1.35. The van der Waals surface area contributed by atoms with Crippen molar-refractivity contribution in [1.29, 1.82) is 0 Å². The Morgan fingerprint density at radius 3 is 2.22 bits per heavy atom. The van der Waals surface area contributed by atoms with Crippen LogP contribution in [0, 0.1) is 29.2 Å². The Labute approximate surface area is 131 Å². The fraction of sp³-hybridized carbons (Fsp3) is 0.294. The molecule has 1 heterocycles. The van der Waals surface area contributed by atoms with E-state index in [4.69, 9.17) is 4.74 Å². The quantitative estimate of drug-likeness (QED) is 0.678. The number of benzene rings is 2. The number of rotatable bonds is 4. The Balaban J connectivity index is 1.99. The first-order valence-corrected chi connectivity index (χ1v) is 7.33. The fourth-order valence-electron chi connectivity index (χ4n) is 2.80. The summed E-state index contributed by atoms with van der Waals surface area (Å²) in [5.41, 5.74) is 0.699. The van der Waals surface area contributed by atoms with E-state index in [9.17, 15) is 17.6 Å². The van der Waals surface area contributed by atoms with Gasteiger partial charge in [-0.2, -0.15) is 8.78 Å². The maximum atomic E-state index is 13.9. The average Bonchev–Trinajstić information content (AvgIpc) is 3.08. The van der Waals surface area contributed by atoms with Crippen molar-refractivity contribution in [2.24, 2.45) is 5.92 Å². The molecule has 1 N–H and O–H groups in total. The molecule has 122 valence electrons. The second-order valence-electron chi connectivity index (χ2n) is 5.50. The molecule has 0 bridgehead atoms. The van der Waals surface area contributed by atoms with Crippen molar-refractivity contribution in [2.75, 3.05) is 13.1 Å². The molecule has 2 nitrogen and oxygen atoms in total. The highest BCUT2D eigenvalue weighted by molar-refractivity contribution is 5.30. The van der Waals surface area contributed by atoms with E-state index in [1.807, 2.05) is 0 Å². The Morgan fingerprint density at radius 2 is 1.65 bits per heavy atom. The van der Waals surface area contributed by atoms with E-state index >= 15 is 0 Å². The number of halogens is 4. The summed E-state index contributed by atoms with van der Waals surface area (Å²) < 4.78 is 60.0. The zero-order valence-corrected chi connectivity index (χ0v) is 12.2. The SMILES string of the molecule is Fc1cc(F)c(F)c(O[C@@H](c2ccccc2)[C@H]2CCNC2)c1F. The normalized spacial score (nSPS) is 18.9. The highest BCUT2D eigenvalue weighted by Gasteiger charge is 2.31. The van der Waals surface area contributed by atoms with Gasteiger partial charge >= 0.3 is 0 Å². The third kappa shape index (κ3) is 3.17. The number of nitrogens with one attached hydrogen (secondary N) is 1. The van der Waals surface area contributed by atoms with E-state index in [2.05, 4.69) is 5.32 Å². The van der Waals surface area contributed by atoms with Crippen molar-refractivity contribution in [2.45, 2.75) is 12.5 Å². The van der Waals surface area contributed by atoms with Crippen molar-refractivity contribution in [3.63, 3.8) is 0 Å². The Kier molecular flexibility index (Phi) is 4.52. The largest absolute Gasteiger partial charge is 0.479 e. The van der Waals surface area contributed by atoms with Gasteiger partial charge in [-0.3, -0.25) is 0 Å². The van der Waals surface area contributed by atoms with Gasteiger partial charge in [0, 0.05) is 18.5 Å². The third-order valence-electron chi connectivity index (χ3n) is 3.97. The molecule has 0 spiro atoms. The van der Waals surface area contributed by atoms with Gasteiger partial charge < -0.3 is 10.1 Å². The summed E-state index contributed by atoms with van der Waals surface area (Å²) >= 11 is 0. The van der Waals surface area contributed by atoms with E-state index in [-0.39, 0.29) is 12.0 Å². The zero-order valence-electron chi connectivity index (χ0n) is 12.2. The van der Waals surface area contributed by atoms with Crippen LogP contribution in [-0.2, 0) is 0 Å². The van der Waals surface area contributed by atoms with Crippen molar-refractivity contribution in [3.8, 4) is 5.75 Å². The smallest absolute Gasteiger partial charge is 0.203 e. The molecule has 1 aliphatic heterocycles. The van der Waals surface area contributed by atoms with Gasteiger partial charge in [0.1, 0.15) is 6.10 Å². The minimum absolute atomic E-state index is 0.0532. The van der Waals surface area contributed by atoms with Gasteiger partial charge in [0.15, 0.2) is 17.4 Å². The minimum Gasteiger partial charge on any atom is -0.479 e. The first kappa shape index (κ1) is 15.8. The van der Waals surface area contributed by atoms with Crippen LogP contribution < -0.4 is 10.1 Å². The van der Waals surface area contributed by atoms with Gasteiger partial charge in [-0.15, -0.1) is 0 Å². The predicted octanol–water partition coefficient (Wildman–Crippen LogP) is 3.97. The lowest BCUT2D eigenvalue weighted by Gasteiger charge is -2.25. The molecule has 6 heteroatoms. The van der Waals surface area contributed by atoms with E-state index in [1.165, 1.54) is 0 Å². The van der Waals surface area contributed by atoms with Crippen molar-refractivity contribution in [1.82, 2.24) is 5.32 Å². The molecule has 2 aromatic carbocycles. The first-order chi connectivity index (χ1) is 11.1. The number of hydrogen-bond acceptors (Lipinski definition) is 2. The summed E-state index contributed by atoms with van der Waals surface area (Å²) in [4.78, 5) is 0. The molecule has 3 rings (SSSR count). The van der Waals surface area contributed by atoms with E-state index < -0.39 is 35.1 Å². The second kappa shape index (κ2) is 6.58. The second-order valence-corrected chi connectivity index (χ2v) is 5.50. The molecule has 2 aromatic rings. The Bertz CT molecular complexity index is 660. The van der Waals surface area contributed by atoms with Crippen LogP contribution in [0.15, 0.2) is 36.4 Å². The van der Waals surface area contributed by atoms with E-state index in [1.54, 1.807) is 30.3 Å². The molecule has 2 atom stereocenters. The fourth-order valence-corrected chi connectivity index (χ4v) is 2.80. The molecule has 23 heavy (non-hydrogen) atoms. The maximum Gasteiger partial charge on any atom is 0.203 e. The summed E-state index contributed by atoms with van der Waals surface area (Å²) in [6, 6.07) is 9.03. The molecule has 1 aliphatic rings. The van der Waals surface area contributed by atoms with Crippen molar-refractivity contribution < 1.29 is 22.3 Å². The molecular weight excluding hydrogens is 310 g/mol. The molecule has 1 saturated heterocycles. The van der Waals surface area contributed by atoms with Crippen LogP contribution in [0.1, 0.15) is 18.1 Å². The van der Waals surface area contributed by atoms with Crippen LogP contribution in [0.3, 0.4) is 0 Å². The van der Waals surface area contributed by atoms with Gasteiger partial charge in [0.05, 0.1) is 0 Å². The monoisotopic (exact) mass is 325 g/mol. The Hall–Kier alpha value is -2.08. The van der Waals surface area contributed by atoms with Crippen molar-refractivity contribution in [3.05, 3.63) is 65.2 Å². The van der Waals surface area contributed by atoms with E-state index in [0.29, 0.717) is 12.1 Å². The maximum absolute atomic E-state index is 13.9. The number of ether oxygens (including phenoxy) is 1. The van der Waals surface area contributed by atoms with Crippen LogP contribution in [0.25, 0.3) is 0 Å². The molecule has 0 unspecified atom stereocenters. The zero-order chi connectivity index (χ0) is 16.4. The van der Waals surface area contributed by atoms with Crippen LogP contribution in [0.5, 0.6) is 5.75 Å². The van der Waals surface area contributed by atoms with Gasteiger partial charge in [-0.1, -0.05) is 30.3 Å². The van der Waals surface area contributed by atoms with Gasteiger partial charge in [0.25, 0.3) is 0 Å². The van der Waals surface area contributed by atoms with Crippen LogP contribution in [0.2, 0.25) is 0 Å². The van der Waals surface area contributed by atoms with Crippen LogP contribution in [-0.4, -0.2) is 13.1 Å². The van der Waals surface area contributed by atoms with Gasteiger partial charge in [-0.05, 0) is 18.5 Å². The molecule has 0 aromatic heterocycles. The molecule has 0 radical (unpaired) electrons. The molecule has 1 fully saturated rings. The van der Waals surface area contributed by atoms with Crippen LogP contribution in [0.4, 0.5) is 17.6 Å². The molecule has 0 saturated carbocycles. The van der Waals surface area contributed by atoms with E-state index in [0.717, 1.165) is 13.0 Å². The lowest BCUT2D eigenvalue weighted by atomic mass is 9.95. The standard InChI is InChI=1S/C17H15F4NO/c18-12-8-13(19)15(21)17(14(12)20)23-16(11-6-7-22-9-11)10-4-2-1-3-5-10/h1-5,8,11,16,22H,6-7,9H2/t11-,16-/m0/s1. The van der Waals surface area contributed by atoms with Crippen LogP contribution >= 0.6 is 0 Å². The Morgan fingerprint density at radius 1 is 1.00 bits per heavy atom. The third-order valence-corrected chi connectivity index (χ3v) is 3.97. The summed E-state index contributed by atoms with van der Waals surface area (Å²) in [7, 11) is 0. The summed E-state index contributed by atoms with van der Waals surface area (Å²) in [5, 5.41) is 3.14. The summed E-state index contributed by atoms with van der Waals surface area (Å²) in [6.07, 6.45) is 0.0389. The average molecular weight is 325 g/mol. The lowest BCUT2D eigenvalue weighted by Crippen LogP contribution is -2.22. The molecule has 0 aliphatic carbocycles. The lowest BCUT2D eigenvalue weighted by molar-refractivity contribution is 0.128.